The van der Waals surface area contributed by atoms with Crippen LogP contribution in [0.25, 0.3) is 0 Å². The van der Waals surface area contributed by atoms with E-state index in [1.165, 1.54) is 0 Å². The highest BCUT2D eigenvalue weighted by Crippen LogP contribution is 2.26. The predicted octanol–water partition coefficient (Wildman–Crippen LogP) is 1.54. The monoisotopic (exact) mass is 238 g/mol. The van der Waals surface area contributed by atoms with Crippen molar-refractivity contribution in [3.05, 3.63) is 17.5 Å². The van der Waals surface area contributed by atoms with Crippen molar-refractivity contribution >= 4 is 0 Å². The van der Waals surface area contributed by atoms with Crippen LogP contribution in [0.4, 0.5) is 0 Å². The molecule has 0 aliphatic carbocycles. The number of nitrogens with zero attached hydrogens (tertiary/aromatic N) is 2. The standard InChI is InChI=1S/C13H22N2O2/c1-4-15-11(7-9(2)14-15)8-13(16)12-5-6-17-10(12)3/h7,10,12-13,16H,4-6,8H2,1-3H3. The van der Waals surface area contributed by atoms with Gasteiger partial charge >= 0.3 is 0 Å². The van der Waals surface area contributed by atoms with Gasteiger partial charge in [-0.15, -0.1) is 0 Å². The molecule has 1 N–H and O–H groups in total. The molecule has 4 heteroatoms. The molecule has 2 heterocycles. The van der Waals surface area contributed by atoms with Gasteiger partial charge in [0.15, 0.2) is 0 Å². The van der Waals surface area contributed by atoms with Gasteiger partial charge in [-0.25, -0.2) is 0 Å². The average Bonchev–Trinajstić information content (AvgIpc) is 2.84. The lowest BCUT2D eigenvalue weighted by Crippen LogP contribution is -2.29. The number of ether oxygens (including phenoxy) is 1. The molecule has 3 atom stereocenters. The van der Waals surface area contributed by atoms with E-state index in [0.717, 1.165) is 31.0 Å². The van der Waals surface area contributed by atoms with Gasteiger partial charge in [-0.3, -0.25) is 4.68 Å². The molecule has 1 saturated heterocycles. The van der Waals surface area contributed by atoms with E-state index in [4.69, 9.17) is 4.74 Å². The molecule has 4 nitrogen and oxygen atoms in total. The minimum Gasteiger partial charge on any atom is -0.392 e. The topological polar surface area (TPSA) is 47.3 Å². The summed E-state index contributed by atoms with van der Waals surface area (Å²) in [5, 5.41) is 14.7. The number of aliphatic hydroxyl groups excluding tert-OH is 1. The molecule has 0 bridgehead atoms. The maximum atomic E-state index is 10.3. The molecule has 17 heavy (non-hydrogen) atoms. The average molecular weight is 238 g/mol. The Morgan fingerprint density at radius 3 is 3.00 bits per heavy atom. The van der Waals surface area contributed by atoms with Gasteiger partial charge in [0, 0.05) is 31.2 Å². The van der Waals surface area contributed by atoms with Crippen LogP contribution in [0, 0.1) is 12.8 Å². The smallest absolute Gasteiger partial charge is 0.0649 e. The molecule has 0 amide bonds. The third-order valence-electron chi connectivity index (χ3n) is 3.63. The molecule has 0 aromatic carbocycles. The lowest BCUT2D eigenvalue weighted by molar-refractivity contribution is 0.0431. The second-order valence-electron chi connectivity index (χ2n) is 4.89. The van der Waals surface area contributed by atoms with Crippen LogP contribution in [0.5, 0.6) is 0 Å². The van der Waals surface area contributed by atoms with Gasteiger partial charge in [0.2, 0.25) is 0 Å². The number of rotatable bonds is 4. The molecule has 0 radical (unpaired) electrons. The van der Waals surface area contributed by atoms with Gasteiger partial charge in [-0.1, -0.05) is 0 Å². The molecule has 3 unspecified atom stereocenters. The number of aromatic nitrogens is 2. The third kappa shape index (κ3) is 2.69. The van der Waals surface area contributed by atoms with Crippen LogP contribution in [-0.2, 0) is 17.7 Å². The van der Waals surface area contributed by atoms with Crippen molar-refractivity contribution < 1.29 is 9.84 Å². The summed E-state index contributed by atoms with van der Waals surface area (Å²) in [5.74, 6) is 0.260. The largest absolute Gasteiger partial charge is 0.392 e. The fraction of sp³-hybridized carbons (Fsp3) is 0.769. The molecule has 1 aromatic rings. The van der Waals surface area contributed by atoms with Crippen molar-refractivity contribution in [2.24, 2.45) is 5.92 Å². The summed E-state index contributed by atoms with van der Waals surface area (Å²) in [4.78, 5) is 0. The normalized spacial score (nSPS) is 26.4. The van der Waals surface area contributed by atoms with Gasteiger partial charge in [-0.2, -0.15) is 5.10 Å². The Bertz CT molecular complexity index is 375. The molecule has 1 aromatic heterocycles. The Labute approximate surface area is 103 Å². The lowest BCUT2D eigenvalue weighted by Gasteiger charge is -2.21. The molecule has 1 aliphatic rings. The van der Waals surface area contributed by atoms with E-state index in [0.29, 0.717) is 6.42 Å². The van der Waals surface area contributed by atoms with Crippen LogP contribution >= 0.6 is 0 Å². The summed E-state index contributed by atoms with van der Waals surface area (Å²) in [7, 11) is 0. The predicted molar refractivity (Wildman–Crippen MR) is 65.9 cm³/mol. The molecular weight excluding hydrogens is 216 g/mol. The molecular formula is C13H22N2O2. The molecule has 1 aliphatic heterocycles. The van der Waals surface area contributed by atoms with E-state index >= 15 is 0 Å². The van der Waals surface area contributed by atoms with Crippen molar-refractivity contribution in [1.82, 2.24) is 9.78 Å². The fourth-order valence-corrected chi connectivity index (χ4v) is 2.66. The fourth-order valence-electron chi connectivity index (χ4n) is 2.66. The second kappa shape index (κ2) is 5.19. The summed E-state index contributed by atoms with van der Waals surface area (Å²) < 4.78 is 7.47. The minimum atomic E-state index is -0.325. The van der Waals surface area contributed by atoms with Crippen LogP contribution in [0.2, 0.25) is 0 Å². The van der Waals surface area contributed by atoms with Gasteiger partial charge in [-0.05, 0) is 33.3 Å². The van der Waals surface area contributed by atoms with Crippen LogP contribution in [0.3, 0.4) is 0 Å². The Morgan fingerprint density at radius 2 is 2.41 bits per heavy atom. The van der Waals surface area contributed by atoms with Gasteiger partial charge in [0.1, 0.15) is 0 Å². The Balaban J connectivity index is 2.04. The molecule has 2 rings (SSSR count). The summed E-state index contributed by atoms with van der Waals surface area (Å²) in [6, 6.07) is 2.06. The maximum absolute atomic E-state index is 10.3. The van der Waals surface area contributed by atoms with Crippen molar-refractivity contribution in [1.29, 1.82) is 0 Å². The second-order valence-corrected chi connectivity index (χ2v) is 4.89. The van der Waals surface area contributed by atoms with E-state index in [1.807, 2.05) is 18.5 Å². The van der Waals surface area contributed by atoms with Crippen LogP contribution < -0.4 is 0 Å². The van der Waals surface area contributed by atoms with Crippen molar-refractivity contribution in [3.8, 4) is 0 Å². The minimum absolute atomic E-state index is 0.170. The zero-order chi connectivity index (χ0) is 12.4. The van der Waals surface area contributed by atoms with E-state index in [-0.39, 0.29) is 18.1 Å². The molecule has 96 valence electrons. The van der Waals surface area contributed by atoms with Gasteiger partial charge in [0.05, 0.1) is 17.9 Å². The number of hydrogen-bond acceptors (Lipinski definition) is 3. The first-order chi connectivity index (χ1) is 8.11. The molecule has 1 fully saturated rings. The summed E-state index contributed by atoms with van der Waals surface area (Å²) in [6.45, 7) is 7.73. The quantitative estimate of drug-likeness (QED) is 0.865. The highest BCUT2D eigenvalue weighted by molar-refractivity contribution is 5.10. The first kappa shape index (κ1) is 12.6. The first-order valence-corrected chi connectivity index (χ1v) is 6.44. The highest BCUT2D eigenvalue weighted by Gasteiger charge is 2.31. The van der Waals surface area contributed by atoms with Crippen molar-refractivity contribution in [2.45, 2.75) is 52.4 Å². The Hall–Kier alpha value is -0.870. The zero-order valence-corrected chi connectivity index (χ0v) is 10.9. The summed E-state index contributed by atoms with van der Waals surface area (Å²) in [5.41, 5.74) is 2.14. The third-order valence-corrected chi connectivity index (χ3v) is 3.63. The van der Waals surface area contributed by atoms with E-state index in [2.05, 4.69) is 18.1 Å². The van der Waals surface area contributed by atoms with Crippen LogP contribution in [-0.4, -0.2) is 33.7 Å². The van der Waals surface area contributed by atoms with Gasteiger partial charge < -0.3 is 9.84 Å². The van der Waals surface area contributed by atoms with Crippen molar-refractivity contribution in [2.75, 3.05) is 6.61 Å². The molecule has 0 spiro atoms. The number of hydrogen-bond donors (Lipinski definition) is 1. The number of aryl methyl sites for hydroxylation is 2. The van der Waals surface area contributed by atoms with Crippen molar-refractivity contribution in [3.63, 3.8) is 0 Å². The highest BCUT2D eigenvalue weighted by atomic mass is 16.5. The van der Waals surface area contributed by atoms with E-state index < -0.39 is 0 Å². The Kier molecular flexibility index (Phi) is 3.84. The number of aliphatic hydroxyl groups is 1. The molecule has 0 saturated carbocycles. The van der Waals surface area contributed by atoms with Crippen LogP contribution in [0.1, 0.15) is 31.7 Å². The van der Waals surface area contributed by atoms with Crippen LogP contribution in [0.15, 0.2) is 6.07 Å². The van der Waals surface area contributed by atoms with E-state index in [9.17, 15) is 5.11 Å². The zero-order valence-electron chi connectivity index (χ0n) is 10.9. The van der Waals surface area contributed by atoms with E-state index in [1.54, 1.807) is 0 Å². The van der Waals surface area contributed by atoms with Gasteiger partial charge in [0.25, 0.3) is 0 Å². The maximum Gasteiger partial charge on any atom is 0.0649 e. The summed E-state index contributed by atoms with van der Waals surface area (Å²) in [6.07, 6.45) is 1.48. The Morgan fingerprint density at radius 1 is 1.65 bits per heavy atom. The SMILES string of the molecule is CCn1nc(C)cc1CC(O)C1CCOC1C. The summed E-state index contributed by atoms with van der Waals surface area (Å²) >= 11 is 0. The lowest BCUT2D eigenvalue weighted by atomic mass is 9.93. The first-order valence-electron chi connectivity index (χ1n) is 6.44.